The Balaban J connectivity index is 1.64. The quantitative estimate of drug-likeness (QED) is 0.366. The van der Waals surface area contributed by atoms with Gasteiger partial charge < -0.3 is 19.5 Å². The first-order chi connectivity index (χ1) is 15.6. The minimum Gasteiger partial charge on any atom is -0.459 e. The Labute approximate surface area is 186 Å². The van der Waals surface area contributed by atoms with E-state index in [9.17, 15) is 22.8 Å². The maximum absolute atomic E-state index is 13.7. The number of hydrogen-bond acceptors (Lipinski definition) is 5. The summed E-state index contributed by atoms with van der Waals surface area (Å²) in [4.78, 5) is 24.1. The van der Waals surface area contributed by atoms with Gasteiger partial charge in [0.25, 0.3) is 5.91 Å². The van der Waals surface area contributed by atoms with Crippen LogP contribution in [0.25, 0.3) is 11.0 Å². The van der Waals surface area contributed by atoms with E-state index in [2.05, 4.69) is 10.6 Å². The zero-order chi connectivity index (χ0) is 23.8. The molecular weight excluding hydrogens is 437 g/mol. The molecule has 33 heavy (non-hydrogen) atoms. The van der Waals surface area contributed by atoms with Crippen molar-refractivity contribution in [1.82, 2.24) is 0 Å². The van der Waals surface area contributed by atoms with E-state index in [1.54, 1.807) is 6.07 Å². The van der Waals surface area contributed by atoms with Gasteiger partial charge >= 0.3 is 11.8 Å². The number of anilines is 2. The van der Waals surface area contributed by atoms with E-state index >= 15 is 0 Å². The van der Waals surface area contributed by atoms with Crippen molar-refractivity contribution < 1.29 is 26.8 Å². The first-order valence-corrected chi connectivity index (χ1v) is 9.96. The maximum Gasteiger partial charge on any atom is 0.418 e. The summed E-state index contributed by atoms with van der Waals surface area (Å²) in [6, 6.07) is 11.2. The summed E-state index contributed by atoms with van der Waals surface area (Å²) < 4.78 is 51.5. The lowest BCUT2D eigenvalue weighted by atomic mass is 10.0. The molecule has 2 N–H and O–H groups in total. The molecule has 2 aromatic carbocycles. The van der Waals surface area contributed by atoms with Crippen LogP contribution in [0.5, 0.6) is 0 Å². The van der Waals surface area contributed by atoms with Crippen molar-refractivity contribution in [2.75, 3.05) is 10.6 Å². The van der Waals surface area contributed by atoms with Gasteiger partial charge in [-0.25, -0.2) is 4.79 Å². The fourth-order valence-electron chi connectivity index (χ4n) is 3.47. The zero-order valence-corrected chi connectivity index (χ0v) is 17.7. The molecule has 0 atom stereocenters. The van der Waals surface area contributed by atoms with Crippen LogP contribution in [0.2, 0.25) is 0 Å². The third-order valence-electron chi connectivity index (χ3n) is 5.31. The molecule has 9 heteroatoms. The molecule has 170 valence electrons. The Morgan fingerprint density at radius 1 is 1.06 bits per heavy atom. The number of halogens is 3. The molecule has 6 nitrogen and oxygen atoms in total. The molecule has 0 spiro atoms. The Morgan fingerprint density at radius 3 is 2.55 bits per heavy atom. The van der Waals surface area contributed by atoms with Crippen molar-refractivity contribution in [3.8, 4) is 0 Å². The molecule has 2 aromatic heterocycles. The van der Waals surface area contributed by atoms with Crippen LogP contribution in [0.15, 0.2) is 68.4 Å². The van der Waals surface area contributed by atoms with Gasteiger partial charge in [-0.15, -0.1) is 0 Å². The summed E-state index contributed by atoms with van der Waals surface area (Å²) in [5.41, 5.74) is 0.870. The van der Waals surface area contributed by atoms with Crippen LogP contribution in [0.3, 0.4) is 0 Å². The van der Waals surface area contributed by atoms with Gasteiger partial charge in [0.05, 0.1) is 11.8 Å². The number of carbonyl (C=O) groups excluding carboxylic acids is 1. The second-order valence-electron chi connectivity index (χ2n) is 7.52. The molecule has 0 fully saturated rings. The number of aryl methyl sites for hydroxylation is 2. The van der Waals surface area contributed by atoms with Gasteiger partial charge in [-0.1, -0.05) is 12.1 Å². The van der Waals surface area contributed by atoms with E-state index in [4.69, 9.17) is 8.83 Å². The highest BCUT2D eigenvalue weighted by molar-refractivity contribution is 6.02. The van der Waals surface area contributed by atoms with Crippen LogP contribution in [-0.2, 0) is 12.7 Å². The molecule has 0 aliphatic heterocycles. The van der Waals surface area contributed by atoms with E-state index in [0.29, 0.717) is 16.5 Å². The van der Waals surface area contributed by atoms with Gasteiger partial charge in [0, 0.05) is 29.4 Å². The Morgan fingerprint density at radius 2 is 1.85 bits per heavy atom. The number of fused-ring (bicyclic) bond motifs is 1. The van der Waals surface area contributed by atoms with Gasteiger partial charge in [0.1, 0.15) is 5.58 Å². The molecule has 0 saturated heterocycles. The van der Waals surface area contributed by atoms with Crippen molar-refractivity contribution >= 4 is 28.3 Å². The first-order valence-electron chi connectivity index (χ1n) is 9.96. The predicted molar refractivity (Wildman–Crippen MR) is 117 cm³/mol. The molecule has 4 aromatic rings. The normalized spacial score (nSPS) is 11.5. The Hall–Kier alpha value is -4.01. The second-order valence-corrected chi connectivity index (χ2v) is 7.52. The lowest BCUT2D eigenvalue weighted by molar-refractivity contribution is -0.136. The van der Waals surface area contributed by atoms with Crippen molar-refractivity contribution in [2.24, 2.45) is 0 Å². The molecule has 0 saturated carbocycles. The number of hydrogen-bond donors (Lipinski definition) is 2. The number of alkyl halides is 3. The fraction of sp³-hybridized carbons (Fsp3) is 0.167. The highest BCUT2D eigenvalue weighted by atomic mass is 19.4. The predicted octanol–water partition coefficient (Wildman–Crippen LogP) is 5.89. The van der Waals surface area contributed by atoms with Crippen LogP contribution < -0.4 is 16.3 Å². The van der Waals surface area contributed by atoms with E-state index in [1.165, 1.54) is 36.6 Å². The molecular formula is C24H19F3N2O4. The van der Waals surface area contributed by atoms with Gasteiger partial charge in [-0.2, -0.15) is 13.2 Å². The molecule has 4 rings (SSSR count). The molecule has 0 aliphatic carbocycles. The second kappa shape index (κ2) is 8.50. The maximum atomic E-state index is 13.7. The number of benzene rings is 2. The third-order valence-corrected chi connectivity index (χ3v) is 5.31. The van der Waals surface area contributed by atoms with Crippen LogP contribution in [0.4, 0.5) is 24.5 Å². The smallest absolute Gasteiger partial charge is 0.418 e. The number of rotatable bonds is 5. The van der Waals surface area contributed by atoms with Crippen LogP contribution in [-0.4, -0.2) is 5.91 Å². The molecule has 2 heterocycles. The van der Waals surface area contributed by atoms with Gasteiger partial charge in [0.2, 0.25) is 0 Å². The average molecular weight is 456 g/mol. The number of furan rings is 1. The van der Waals surface area contributed by atoms with Gasteiger partial charge in [0.15, 0.2) is 5.76 Å². The van der Waals surface area contributed by atoms with E-state index in [1.807, 2.05) is 19.9 Å². The summed E-state index contributed by atoms with van der Waals surface area (Å²) in [5, 5.41) is 5.79. The average Bonchev–Trinajstić information content (AvgIpc) is 3.30. The summed E-state index contributed by atoms with van der Waals surface area (Å²) >= 11 is 0. The van der Waals surface area contributed by atoms with Crippen LogP contribution in [0, 0.1) is 13.8 Å². The standard InChI is InChI=1S/C24H19F3N2O4/c1-13-5-7-17-15(10-21(30)33-22(17)14(13)2)12-28-19-8-6-16(11-18(19)24(25,26)27)29-23(31)20-4-3-9-32-20/h3-11,28H,12H2,1-2H3,(H,29,31). The molecule has 0 aliphatic rings. The monoisotopic (exact) mass is 456 g/mol. The highest BCUT2D eigenvalue weighted by Gasteiger charge is 2.34. The minimum atomic E-state index is -4.68. The van der Waals surface area contributed by atoms with Gasteiger partial charge in [-0.3, -0.25) is 4.79 Å². The lowest BCUT2D eigenvalue weighted by Crippen LogP contribution is -2.15. The molecule has 1 amide bonds. The Bertz CT molecular complexity index is 1390. The first kappa shape index (κ1) is 22.2. The van der Waals surface area contributed by atoms with Crippen LogP contribution in [0.1, 0.15) is 32.8 Å². The van der Waals surface area contributed by atoms with Crippen molar-refractivity contribution in [3.63, 3.8) is 0 Å². The van der Waals surface area contributed by atoms with Crippen molar-refractivity contribution in [2.45, 2.75) is 26.6 Å². The highest BCUT2D eigenvalue weighted by Crippen LogP contribution is 2.37. The van der Waals surface area contributed by atoms with E-state index in [0.717, 1.165) is 17.2 Å². The van der Waals surface area contributed by atoms with Crippen molar-refractivity contribution in [3.05, 3.63) is 93.2 Å². The SMILES string of the molecule is Cc1ccc2c(CNc3ccc(NC(=O)c4ccco4)cc3C(F)(F)F)cc(=O)oc2c1C. The molecule has 0 unspecified atom stereocenters. The number of carbonyl (C=O) groups is 1. The topological polar surface area (TPSA) is 84.5 Å². The van der Waals surface area contributed by atoms with E-state index < -0.39 is 23.3 Å². The minimum absolute atomic E-state index is 0.0222. The largest absolute Gasteiger partial charge is 0.459 e. The molecule has 0 bridgehead atoms. The Kier molecular flexibility index (Phi) is 5.71. The van der Waals surface area contributed by atoms with Crippen LogP contribution >= 0.6 is 0 Å². The van der Waals surface area contributed by atoms with Crippen molar-refractivity contribution in [1.29, 1.82) is 0 Å². The third kappa shape index (κ3) is 4.62. The van der Waals surface area contributed by atoms with E-state index in [-0.39, 0.29) is 23.7 Å². The van der Waals surface area contributed by atoms with Gasteiger partial charge in [-0.05, 0) is 60.9 Å². The summed E-state index contributed by atoms with van der Waals surface area (Å²) in [6.45, 7) is 3.66. The summed E-state index contributed by atoms with van der Waals surface area (Å²) in [6.07, 6.45) is -3.39. The fourth-order valence-corrected chi connectivity index (χ4v) is 3.47. The number of nitrogens with one attached hydrogen (secondary N) is 2. The lowest BCUT2D eigenvalue weighted by Gasteiger charge is -2.17. The molecule has 0 radical (unpaired) electrons. The summed E-state index contributed by atoms with van der Waals surface area (Å²) in [5.74, 6) is -0.687. The number of amides is 1. The zero-order valence-electron chi connectivity index (χ0n) is 17.7. The summed E-state index contributed by atoms with van der Waals surface area (Å²) in [7, 11) is 0.